The van der Waals surface area contributed by atoms with E-state index in [1.54, 1.807) is 0 Å². The van der Waals surface area contributed by atoms with Gasteiger partial charge in [0, 0.05) is 11.6 Å². The van der Waals surface area contributed by atoms with Crippen molar-refractivity contribution in [2.24, 2.45) is 5.73 Å². The van der Waals surface area contributed by atoms with Crippen LogP contribution in [0.3, 0.4) is 0 Å². The van der Waals surface area contributed by atoms with Crippen molar-refractivity contribution in [1.82, 2.24) is 5.32 Å². The van der Waals surface area contributed by atoms with Crippen molar-refractivity contribution in [3.63, 3.8) is 0 Å². The molecule has 0 unspecified atom stereocenters. The van der Waals surface area contributed by atoms with E-state index in [0.29, 0.717) is 18.2 Å². The van der Waals surface area contributed by atoms with Crippen LogP contribution in [0.5, 0.6) is 5.75 Å². The molecule has 0 fully saturated rings. The Morgan fingerprint density at radius 3 is 2.37 bits per heavy atom. The maximum atomic E-state index is 11.7. The van der Waals surface area contributed by atoms with Crippen LogP contribution in [0.4, 0.5) is 0 Å². The van der Waals surface area contributed by atoms with Crippen LogP contribution < -0.4 is 15.8 Å². The first-order valence-corrected chi connectivity index (χ1v) is 9.03. The summed E-state index contributed by atoms with van der Waals surface area (Å²) in [4.78, 5) is 11.7. The normalized spacial score (nSPS) is 11.7. The molecule has 138 valence electrons. The lowest BCUT2D eigenvalue weighted by molar-refractivity contribution is -0.120. The third-order valence-electron chi connectivity index (χ3n) is 4.15. The van der Waals surface area contributed by atoms with E-state index in [-0.39, 0.29) is 0 Å². The second-order valence-corrected chi connectivity index (χ2v) is 6.63. The second kappa shape index (κ2) is 9.21. The Kier molecular flexibility index (Phi) is 6.47. The minimum Gasteiger partial charge on any atom is -0.489 e. The number of carbonyl (C=O) groups is 1. The smallest absolute Gasteiger partial charge is 0.239 e. The van der Waals surface area contributed by atoms with E-state index >= 15 is 0 Å². The molecule has 3 N–H and O–H groups in total. The number of halogens is 1. The fourth-order valence-electron chi connectivity index (χ4n) is 2.75. The minimum absolute atomic E-state index is 0.400. The highest BCUT2D eigenvalue weighted by atomic mass is 35.5. The zero-order chi connectivity index (χ0) is 19.1. The largest absolute Gasteiger partial charge is 0.489 e. The van der Waals surface area contributed by atoms with Gasteiger partial charge in [-0.1, -0.05) is 66.2 Å². The van der Waals surface area contributed by atoms with E-state index in [9.17, 15) is 4.79 Å². The molecular weight excluding hydrogens is 360 g/mol. The number of carbonyl (C=O) groups excluding carboxylic acids is 1. The van der Waals surface area contributed by atoms with Crippen LogP contribution in [0.15, 0.2) is 78.9 Å². The highest BCUT2D eigenvalue weighted by molar-refractivity contribution is 6.30. The molecular formula is C22H21ClN2O2. The number of ether oxygens (including phenoxy) is 1. The molecule has 27 heavy (non-hydrogen) atoms. The minimum atomic E-state index is -0.523. The summed E-state index contributed by atoms with van der Waals surface area (Å²) in [6.07, 6.45) is 0. The van der Waals surface area contributed by atoms with Crippen molar-refractivity contribution in [3.8, 4) is 5.75 Å². The molecule has 0 aliphatic rings. The molecule has 0 spiro atoms. The SMILES string of the molecule is NC(=O)[C@@H](NCc1ccc(OCc2cccc(Cl)c2)cc1)c1ccccc1. The van der Waals surface area contributed by atoms with Crippen LogP contribution in [0.1, 0.15) is 22.7 Å². The summed E-state index contributed by atoms with van der Waals surface area (Å²) in [5, 5.41) is 3.90. The van der Waals surface area contributed by atoms with Gasteiger partial charge in [-0.25, -0.2) is 0 Å². The number of nitrogens with one attached hydrogen (secondary N) is 1. The van der Waals surface area contributed by atoms with Gasteiger partial charge in [0.15, 0.2) is 0 Å². The van der Waals surface area contributed by atoms with Crippen LogP contribution in [-0.4, -0.2) is 5.91 Å². The number of amides is 1. The predicted molar refractivity (Wildman–Crippen MR) is 107 cm³/mol. The topological polar surface area (TPSA) is 64.4 Å². The molecule has 0 radical (unpaired) electrons. The Balaban J connectivity index is 1.56. The van der Waals surface area contributed by atoms with Crippen molar-refractivity contribution in [2.75, 3.05) is 0 Å². The molecule has 0 bridgehead atoms. The zero-order valence-corrected chi connectivity index (χ0v) is 15.5. The lowest BCUT2D eigenvalue weighted by Gasteiger charge is -2.16. The summed E-state index contributed by atoms with van der Waals surface area (Å²) in [6, 6.07) is 24.3. The predicted octanol–water partition coefficient (Wildman–Crippen LogP) is 4.24. The molecule has 4 nitrogen and oxygen atoms in total. The van der Waals surface area contributed by atoms with E-state index in [0.717, 1.165) is 22.4 Å². The molecule has 3 aromatic rings. The van der Waals surface area contributed by atoms with Crippen LogP contribution >= 0.6 is 11.6 Å². The summed E-state index contributed by atoms with van der Waals surface area (Å²) in [5.74, 6) is 0.371. The monoisotopic (exact) mass is 380 g/mol. The fourth-order valence-corrected chi connectivity index (χ4v) is 2.96. The molecule has 0 saturated heterocycles. The average Bonchev–Trinajstić information content (AvgIpc) is 2.68. The number of nitrogens with two attached hydrogens (primary N) is 1. The number of rotatable bonds is 8. The summed E-state index contributed by atoms with van der Waals surface area (Å²) < 4.78 is 5.78. The zero-order valence-electron chi connectivity index (χ0n) is 14.8. The van der Waals surface area contributed by atoms with Crippen molar-refractivity contribution in [1.29, 1.82) is 0 Å². The van der Waals surface area contributed by atoms with Crippen LogP contribution in [-0.2, 0) is 17.9 Å². The van der Waals surface area contributed by atoms with Crippen molar-refractivity contribution >= 4 is 17.5 Å². The summed E-state index contributed by atoms with van der Waals surface area (Å²) in [7, 11) is 0. The Morgan fingerprint density at radius 2 is 1.70 bits per heavy atom. The van der Waals surface area contributed by atoms with Gasteiger partial charge >= 0.3 is 0 Å². The lowest BCUT2D eigenvalue weighted by atomic mass is 10.1. The van der Waals surface area contributed by atoms with Crippen LogP contribution in [0.25, 0.3) is 0 Å². The van der Waals surface area contributed by atoms with Gasteiger partial charge in [-0.15, -0.1) is 0 Å². The Bertz CT molecular complexity index is 882. The summed E-state index contributed by atoms with van der Waals surface area (Å²) in [6.45, 7) is 0.979. The molecule has 1 amide bonds. The number of primary amides is 1. The third-order valence-corrected chi connectivity index (χ3v) is 4.38. The van der Waals surface area contributed by atoms with Gasteiger partial charge in [-0.05, 0) is 41.0 Å². The van der Waals surface area contributed by atoms with Gasteiger partial charge in [0.1, 0.15) is 18.4 Å². The van der Waals surface area contributed by atoms with E-state index in [2.05, 4.69) is 5.32 Å². The van der Waals surface area contributed by atoms with E-state index in [1.807, 2.05) is 78.9 Å². The van der Waals surface area contributed by atoms with Crippen molar-refractivity contribution < 1.29 is 9.53 Å². The van der Waals surface area contributed by atoms with Gasteiger partial charge in [-0.2, -0.15) is 0 Å². The lowest BCUT2D eigenvalue weighted by Crippen LogP contribution is -2.33. The molecule has 3 rings (SSSR count). The summed E-state index contributed by atoms with van der Waals surface area (Å²) >= 11 is 5.98. The first-order chi connectivity index (χ1) is 13.1. The number of hydrogen-bond donors (Lipinski definition) is 2. The Hall–Kier alpha value is -2.82. The second-order valence-electron chi connectivity index (χ2n) is 6.19. The van der Waals surface area contributed by atoms with Crippen LogP contribution in [0.2, 0.25) is 5.02 Å². The van der Waals surface area contributed by atoms with Gasteiger partial charge in [-0.3, -0.25) is 10.1 Å². The molecule has 0 aliphatic carbocycles. The maximum Gasteiger partial charge on any atom is 0.239 e. The standard InChI is InChI=1S/C22H21ClN2O2/c23-19-8-4-5-17(13-19)15-27-20-11-9-16(10-12-20)14-25-21(22(24)26)18-6-2-1-3-7-18/h1-13,21,25H,14-15H2,(H2,24,26)/t21-/m0/s1. The summed E-state index contributed by atoms with van der Waals surface area (Å²) in [5.41, 5.74) is 8.43. The third kappa shape index (κ3) is 5.58. The average molecular weight is 381 g/mol. The van der Waals surface area contributed by atoms with Crippen molar-refractivity contribution in [3.05, 3.63) is 101 Å². The fraction of sp³-hybridized carbons (Fsp3) is 0.136. The highest BCUT2D eigenvalue weighted by Crippen LogP contribution is 2.17. The Morgan fingerprint density at radius 1 is 0.963 bits per heavy atom. The van der Waals surface area contributed by atoms with E-state index < -0.39 is 11.9 Å². The Labute approximate surface area is 163 Å². The first-order valence-electron chi connectivity index (χ1n) is 8.65. The molecule has 0 heterocycles. The van der Waals surface area contributed by atoms with E-state index in [1.165, 1.54) is 0 Å². The molecule has 0 aromatic heterocycles. The van der Waals surface area contributed by atoms with Crippen molar-refractivity contribution in [2.45, 2.75) is 19.2 Å². The molecule has 5 heteroatoms. The number of hydrogen-bond acceptors (Lipinski definition) is 3. The van der Waals surface area contributed by atoms with E-state index in [4.69, 9.17) is 22.1 Å². The van der Waals surface area contributed by atoms with Gasteiger partial charge in [0.2, 0.25) is 5.91 Å². The highest BCUT2D eigenvalue weighted by Gasteiger charge is 2.16. The van der Waals surface area contributed by atoms with Gasteiger partial charge in [0.25, 0.3) is 0 Å². The number of benzene rings is 3. The first kappa shape index (κ1) is 19.0. The maximum absolute atomic E-state index is 11.7. The van der Waals surface area contributed by atoms with Crippen LogP contribution in [0, 0.1) is 0 Å². The molecule has 3 aromatic carbocycles. The molecule has 0 aliphatic heterocycles. The molecule has 1 atom stereocenters. The van der Waals surface area contributed by atoms with Gasteiger partial charge in [0.05, 0.1) is 0 Å². The quantitative estimate of drug-likeness (QED) is 0.614. The van der Waals surface area contributed by atoms with Gasteiger partial charge < -0.3 is 10.5 Å². The molecule has 0 saturated carbocycles.